The summed E-state index contributed by atoms with van der Waals surface area (Å²) >= 11 is 0. The topological polar surface area (TPSA) is 82.5 Å². The molecule has 1 N–H and O–H groups in total. The summed E-state index contributed by atoms with van der Waals surface area (Å²) in [5.74, 6) is -1.63. The lowest BCUT2D eigenvalue weighted by atomic mass is 9.95. The van der Waals surface area contributed by atoms with Crippen LogP contribution in [0.25, 0.3) is 5.69 Å². The molecule has 0 spiro atoms. The van der Waals surface area contributed by atoms with Crippen LogP contribution < -0.4 is 5.32 Å². The third-order valence-electron chi connectivity index (χ3n) is 4.72. The summed E-state index contributed by atoms with van der Waals surface area (Å²) in [7, 11) is 2.29. The SMILES string of the molecule is COC(=O)/C=C(/Nc1ccccc1-n1nc(C(F)(F)F)c2c1CCCC2)C(=O)OC. The first-order valence-electron chi connectivity index (χ1n) is 9.18. The smallest absolute Gasteiger partial charge is 0.435 e. The number of carbonyl (C=O) groups is 2. The number of rotatable bonds is 5. The Bertz CT molecular complexity index is 996. The van der Waals surface area contributed by atoms with Crippen LogP contribution >= 0.6 is 0 Å². The van der Waals surface area contributed by atoms with E-state index in [1.54, 1.807) is 24.3 Å². The molecule has 30 heavy (non-hydrogen) atoms. The number of aromatic nitrogens is 2. The Morgan fingerprint density at radius 1 is 1.13 bits per heavy atom. The maximum absolute atomic E-state index is 13.5. The predicted octanol–water partition coefficient (Wildman–Crippen LogP) is 3.41. The zero-order chi connectivity index (χ0) is 21.9. The fourth-order valence-corrected chi connectivity index (χ4v) is 3.37. The molecule has 10 heteroatoms. The second-order valence-electron chi connectivity index (χ2n) is 6.61. The molecule has 0 saturated heterocycles. The van der Waals surface area contributed by atoms with Crippen LogP contribution in [-0.2, 0) is 38.1 Å². The van der Waals surface area contributed by atoms with Crippen molar-refractivity contribution in [1.29, 1.82) is 0 Å². The lowest BCUT2D eigenvalue weighted by molar-refractivity contribution is -0.142. The Morgan fingerprint density at radius 3 is 2.50 bits per heavy atom. The minimum Gasteiger partial charge on any atom is -0.466 e. The van der Waals surface area contributed by atoms with E-state index in [0.717, 1.165) is 26.7 Å². The summed E-state index contributed by atoms with van der Waals surface area (Å²) in [6, 6.07) is 6.43. The van der Waals surface area contributed by atoms with Crippen LogP contribution in [0.2, 0.25) is 0 Å². The van der Waals surface area contributed by atoms with E-state index < -0.39 is 23.8 Å². The van der Waals surface area contributed by atoms with E-state index in [4.69, 9.17) is 0 Å². The number of carbonyl (C=O) groups excluding carboxylic acids is 2. The van der Waals surface area contributed by atoms with Gasteiger partial charge < -0.3 is 14.8 Å². The summed E-state index contributed by atoms with van der Waals surface area (Å²) in [5, 5.41) is 6.63. The van der Waals surface area contributed by atoms with E-state index in [-0.39, 0.29) is 16.9 Å². The Morgan fingerprint density at radius 2 is 1.83 bits per heavy atom. The maximum atomic E-state index is 13.5. The molecule has 1 aliphatic carbocycles. The van der Waals surface area contributed by atoms with Gasteiger partial charge in [0.15, 0.2) is 5.69 Å². The summed E-state index contributed by atoms with van der Waals surface area (Å²) in [5.41, 5.74) is 0.147. The number of alkyl halides is 3. The van der Waals surface area contributed by atoms with Gasteiger partial charge in [-0.2, -0.15) is 18.3 Å². The molecule has 1 aromatic carbocycles. The number of para-hydroxylation sites is 2. The fraction of sp³-hybridized carbons (Fsp3) is 0.350. The van der Waals surface area contributed by atoms with Gasteiger partial charge in [0.05, 0.1) is 31.7 Å². The van der Waals surface area contributed by atoms with Crippen molar-refractivity contribution >= 4 is 17.6 Å². The molecule has 0 fully saturated rings. The standard InChI is InChI=1S/C20H20F3N3O4/c1-29-17(27)11-14(19(28)30-2)24-13-8-4-6-10-16(13)26-15-9-5-3-7-12(15)18(25-26)20(21,22)23/h4,6,8,10-11,24H,3,5,7,9H2,1-2H3/b14-11+. The lowest BCUT2D eigenvalue weighted by Gasteiger charge is -2.17. The molecular weight excluding hydrogens is 403 g/mol. The summed E-state index contributed by atoms with van der Waals surface area (Å²) in [6.45, 7) is 0. The van der Waals surface area contributed by atoms with Gasteiger partial charge in [0, 0.05) is 11.3 Å². The van der Waals surface area contributed by atoms with Crippen molar-refractivity contribution in [2.45, 2.75) is 31.9 Å². The van der Waals surface area contributed by atoms with Gasteiger partial charge in [0.2, 0.25) is 0 Å². The Hall–Kier alpha value is -3.30. The minimum absolute atomic E-state index is 0.196. The molecule has 1 heterocycles. The van der Waals surface area contributed by atoms with E-state index in [2.05, 4.69) is 19.9 Å². The first kappa shape index (κ1) is 21.4. The van der Waals surface area contributed by atoms with Crippen LogP contribution in [0.3, 0.4) is 0 Å². The van der Waals surface area contributed by atoms with Crippen molar-refractivity contribution in [3.05, 3.63) is 53.0 Å². The van der Waals surface area contributed by atoms with Gasteiger partial charge in [0.1, 0.15) is 5.70 Å². The Kier molecular flexibility index (Phi) is 6.14. The number of ether oxygens (including phenoxy) is 2. The second-order valence-corrected chi connectivity index (χ2v) is 6.61. The first-order valence-corrected chi connectivity index (χ1v) is 9.18. The first-order chi connectivity index (χ1) is 14.3. The highest BCUT2D eigenvalue weighted by atomic mass is 19.4. The molecule has 1 aliphatic rings. The lowest BCUT2D eigenvalue weighted by Crippen LogP contribution is -2.17. The van der Waals surface area contributed by atoms with Crippen LogP contribution in [0, 0.1) is 0 Å². The van der Waals surface area contributed by atoms with E-state index >= 15 is 0 Å². The summed E-state index contributed by atoms with van der Waals surface area (Å²) < 4.78 is 51.1. The fourth-order valence-electron chi connectivity index (χ4n) is 3.37. The molecule has 0 atom stereocenters. The van der Waals surface area contributed by atoms with Gasteiger partial charge in [-0.05, 0) is 37.8 Å². The third kappa shape index (κ3) is 4.32. The molecule has 0 radical (unpaired) electrons. The Labute approximate surface area is 170 Å². The van der Waals surface area contributed by atoms with Gasteiger partial charge in [-0.3, -0.25) is 0 Å². The van der Waals surface area contributed by atoms with Crippen molar-refractivity contribution in [1.82, 2.24) is 9.78 Å². The highest BCUT2D eigenvalue weighted by molar-refractivity contribution is 5.99. The van der Waals surface area contributed by atoms with Crippen LogP contribution in [-0.4, -0.2) is 35.9 Å². The number of anilines is 1. The second kappa shape index (κ2) is 8.60. The minimum atomic E-state index is -4.57. The number of nitrogens with zero attached hydrogens (tertiary/aromatic N) is 2. The van der Waals surface area contributed by atoms with Crippen LogP contribution in [0.4, 0.5) is 18.9 Å². The van der Waals surface area contributed by atoms with Crippen molar-refractivity contribution in [2.75, 3.05) is 19.5 Å². The zero-order valence-electron chi connectivity index (χ0n) is 16.4. The van der Waals surface area contributed by atoms with Crippen molar-refractivity contribution in [3.8, 4) is 5.69 Å². The van der Waals surface area contributed by atoms with E-state index in [1.807, 2.05) is 0 Å². The van der Waals surface area contributed by atoms with Gasteiger partial charge >= 0.3 is 18.1 Å². The molecule has 1 aromatic heterocycles. The van der Waals surface area contributed by atoms with Crippen LogP contribution in [0.15, 0.2) is 36.0 Å². The molecule has 160 valence electrons. The molecular formula is C20H20F3N3O4. The van der Waals surface area contributed by atoms with Crippen molar-refractivity contribution in [2.24, 2.45) is 0 Å². The molecule has 2 aromatic rings. The third-order valence-corrected chi connectivity index (χ3v) is 4.72. The normalized spacial score (nSPS) is 14.1. The number of fused-ring (bicyclic) bond motifs is 1. The average Bonchev–Trinajstić information content (AvgIpc) is 3.13. The van der Waals surface area contributed by atoms with E-state index in [0.29, 0.717) is 30.6 Å². The molecule has 0 bridgehead atoms. The van der Waals surface area contributed by atoms with Crippen molar-refractivity contribution < 1.29 is 32.2 Å². The number of nitrogens with one attached hydrogen (secondary N) is 1. The number of methoxy groups -OCH3 is 2. The van der Waals surface area contributed by atoms with Gasteiger partial charge in [-0.25, -0.2) is 14.3 Å². The number of halogens is 3. The largest absolute Gasteiger partial charge is 0.466 e. The maximum Gasteiger partial charge on any atom is 0.435 e. The number of esters is 2. The van der Waals surface area contributed by atoms with Crippen molar-refractivity contribution in [3.63, 3.8) is 0 Å². The van der Waals surface area contributed by atoms with E-state index in [9.17, 15) is 22.8 Å². The summed E-state index contributed by atoms with van der Waals surface area (Å²) in [4.78, 5) is 23.7. The number of hydrogen-bond donors (Lipinski definition) is 1. The molecule has 0 aliphatic heterocycles. The summed E-state index contributed by atoms with van der Waals surface area (Å²) in [6.07, 6.45) is -1.50. The quantitative estimate of drug-likeness (QED) is 0.586. The molecule has 0 saturated carbocycles. The number of hydrogen-bond acceptors (Lipinski definition) is 6. The van der Waals surface area contributed by atoms with Gasteiger partial charge in [-0.1, -0.05) is 12.1 Å². The predicted molar refractivity (Wildman–Crippen MR) is 101 cm³/mol. The van der Waals surface area contributed by atoms with Gasteiger partial charge in [-0.15, -0.1) is 0 Å². The zero-order valence-corrected chi connectivity index (χ0v) is 16.4. The molecule has 0 unspecified atom stereocenters. The number of benzene rings is 1. The molecule has 3 rings (SSSR count). The van der Waals surface area contributed by atoms with E-state index in [1.165, 1.54) is 4.68 Å². The Balaban J connectivity index is 2.10. The monoisotopic (exact) mass is 423 g/mol. The highest BCUT2D eigenvalue weighted by Crippen LogP contribution is 2.37. The van der Waals surface area contributed by atoms with Crippen LogP contribution in [0.5, 0.6) is 0 Å². The molecule has 7 nitrogen and oxygen atoms in total. The average molecular weight is 423 g/mol. The van der Waals surface area contributed by atoms with Crippen LogP contribution in [0.1, 0.15) is 29.8 Å². The van der Waals surface area contributed by atoms with Gasteiger partial charge in [0.25, 0.3) is 0 Å². The molecule has 0 amide bonds. The highest BCUT2D eigenvalue weighted by Gasteiger charge is 2.40.